The molecule has 2 aromatic rings. The molecule has 0 aliphatic heterocycles. The summed E-state index contributed by atoms with van der Waals surface area (Å²) in [6, 6.07) is 14.5. The lowest BCUT2D eigenvalue weighted by Crippen LogP contribution is -2.29. The molecular formula is C22H28N2O4. The Hall–Kier alpha value is -2.86. The van der Waals surface area contributed by atoms with Crippen molar-refractivity contribution in [3.63, 3.8) is 0 Å². The number of hydrogen-bond acceptors (Lipinski definition) is 4. The van der Waals surface area contributed by atoms with Gasteiger partial charge < -0.3 is 20.1 Å². The number of methoxy groups -OCH3 is 1. The van der Waals surface area contributed by atoms with Crippen molar-refractivity contribution in [2.24, 2.45) is 0 Å². The third kappa shape index (κ3) is 6.09. The molecule has 0 unspecified atom stereocenters. The molecule has 2 rings (SSSR count). The Labute approximate surface area is 166 Å². The van der Waals surface area contributed by atoms with Gasteiger partial charge in [-0.2, -0.15) is 0 Å². The normalized spacial score (nSPS) is 11.0. The SMILES string of the molecule is COCCNC(=O)c1ccccc1NC(=O)COc1ccccc1C(C)(C)C. The number of carbonyl (C=O) groups is 2. The first-order valence-corrected chi connectivity index (χ1v) is 9.21. The summed E-state index contributed by atoms with van der Waals surface area (Å²) in [7, 11) is 1.57. The molecule has 6 heteroatoms. The Morgan fingerprint density at radius 1 is 1.00 bits per heavy atom. The second-order valence-corrected chi connectivity index (χ2v) is 7.38. The molecule has 0 spiro atoms. The molecule has 0 fully saturated rings. The van der Waals surface area contributed by atoms with E-state index in [2.05, 4.69) is 31.4 Å². The van der Waals surface area contributed by atoms with E-state index in [-0.39, 0.29) is 23.8 Å². The van der Waals surface area contributed by atoms with Gasteiger partial charge in [0.2, 0.25) is 0 Å². The zero-order valence-corrected chi connectivity index (χ0v) is 16.9. The predicted octanol–water partition coefficient (Wildman–Crippen LogP) is 3.38. The Kier molecular flexibility index (Phi) is 7.58. The minimum Gasteiger partial charge on any atom is -0.483 e. The van der Waals surface area contributed by atoms with Crippen molar-refractivity contribution in [3.8, 4) is 5.75 Å². The Morgan fingerprint density at radius 2 is 1.68 bits per heavy atom. The van der Waals surface area contributed by atoms with Crippen LogP contribution in [0.5, 0.6) is 5.75 Å². The van der Waals surface area contributed by atoms with Crippen molar-refractivity contribution in [3.05, 3.63) is 59.7 Å². The molecule has 2 aromatic carbocycles. The zero-order chi connectivity index (χ0) is 20.6. The molecule has 6 nitrogen and oxygen atoms in total. The average Bonchev–Trinajstić information content (AvgIpc) is 2.66. The van der Waals surface area contributed by atoms with Gasteiger partial charge in [0.05, 0.1) is 17.9 Å². The quantitative estimate of drug-likeness (QED) is 0.684. The fourth-order valence-electron chi connectivity index (χ4n) is 2.69. The lowest BCUT2D eigenvalue weighted by atomic mass is 9.86. The highest BCUT2D eigenvalue weighted by Gasteiger charge is 2.19. The molecule has 0 radical (unpaired) electrons. The standard InChI is InChI=1S/C22H28N2O4/c1-22(2,3)17-10-6-8-12-19(17)28-15-20(25)24-18-11-7-5-9-16(18)21(26)23-13-14-27-4/h5-12H,13-15H2,1-4H3,(H,23,26)(H,24,25). The fourth-order valence-corrected chi connectivity index (χ4v) is 2.69. The summed E-state index contributed by atoms with van der Waals surface area (Å²) in [5, 5.41) is 5.50. The zero-order valence-electron chi connectivity index (χ0n) is 16.9. The van der Waals surface area contributed by atoms with Crippen molar-refractivity contribution in [2.75, 3.05) is 32.2 Å². The fraction of sp³-hybridized carbons (Fsp3) is 0.364. The van der Waals surface area contributed by atoms with Crippen LogP contribution in [0.4, 0.5) is 5.69 Å². The van der Waals surface area contributed by atoms with Gasteiger partial charge in [-0.25, -0.2) is 0 Å². The smallest absolute Gasteiger partial charge is 0.262 e. The number of hydrogen-bond donors (Lipinski definition) is 2. The summed E-state index contributed by atoms with van der Waals surface area (Å²) in [5.74, 6) is 0.0727. The second-order valence-electron chi connectivity index (χ2n) is 7.38. The van der Waals surface area contributed by atoms with Crippen LogP contribution in [0.25, 0.3) is 0 Å². The summed E-state index contributed by atoms with van der Waals surface area (Å²) in [4.78, 5) is 24.7. The number of ether oxygens (including phenoxy) is 2. The summed E-state index contributed by atoms with van der Waals surface area (Å²) in [6.45, 7) is 6.94. The summed E-state index contributed by atoms with van der Waals surface area (Å²) >= 11 is 0. The van der Waals surface area contributed by atoms with Crippen LogP contribution in [0.15, 0.2) is 48.5 Å². The summed E-state index contributed by atoms with van der Waals surface area (Å²) in [6.07, 6.45) is 0. The van der Waals surface area contributed by atoms with Gasteiger partial charge in [-0.1, -0.05) is 51.1 Å². The highest BCUT2D eigenvalue weighted by molar-refractivity contribution is 6.04. The van der Waals surface area contributed by atoms with Crippen LogP contribution in [0.2, 0.25) is 0 Å². The van der Waals surface area contributed by atoms with Crippen molar-refractivity contribution in [1.82, 2.24) is 5.32 Å². The van der Waals surface area contributed by atoms with Crippen LogP contribution in [-0.2, 0) is 14.9 Å². The lowest BCUT2D eigenvalue weighted by Gasteiger charge is -2.22. The molecule has 0 saturated carbocycles. The predicted molar refractivity (Wildman–Crippen MR) is 110 cm³/mol. The molecule has 0 heterocycles. The first-order valence-electron chi connectivity index (χ1n) is 9.21. The van der Waals surface area contributed by atoms with Crippen molar-refractivity contribution in [1.29, 1.82) is 0 Å². The molecule has 0 bridgehead atoms. The molecule has 150 valence electrons. The largest absolute Gasteiger partial charge is 0.483 e. The highest BCUT2D eigenvalue weighted by Crippen LogP contribution is 2.30. The van der Waals surface area contributed by atoms with Crippen molar-refractivity contribution < 1.29 is 19.1 Å². The molecular weight excluding hydrogens is 356 g/mol. The van der Waals surface area contributed by atoms with E-state index in [1.165, 1.54) is 0 Å². The maximum absolute atomic E-state index is 12.4. The Balaban J connectivity index is 2.02. The van der Waals surface area contributed by atoms with Crippen LogP contribution in [-0.4, -0.2) is 38.7 Å². The number of benzene rings is 2. The van der Waals surface area contributed by atoms with Crippen LogP contribution in [0, 0.1) is 0 Å². The van der Waals surface area contributed by atoms with E-state index in [1.54, 1.807) is 31.4 Å². The summed E-state index contributed by atoms with van der Waals surface area (Å²) in [5.41, 5.74) is 1.76. The molecule has 0 aliphatic carbocycles. The maximum Gasteiger partial charge on any atom is 0.262 e. The molecule has 0 aliphatic rings. The van der Waals surface area contributed by atoms with Gasteiger partial charge >= 0.3 is 0 Å². The van der Waals surface area contributed by atoms with Gasteiger partial charge in [0, 0.05) is 13.7 Å². The van der Waals surface area contributed by atoms with Gasteiger partial charge in [0.1, 0.15) is 5.75 Å². The number of nitrogens with one attached hydrogen (secondary N) is 2. The van der Waals surface area contributed by atoms with Crippen LogP contribution < -0.4 is 15.4 Å². The summed E-state index contributed by atoms with van der Waals surface area (Å²) < 4.78 is 10.7. The van der Waals surface area contributed by atoms with Crippen LogP contribution in [0.1, 0.15) is 36.7 Å². The Bertz CT molecular complexity index is 812. The molecule has 2 amide bonds. The third-order valence-electron chi connectivity index (χ3n) is 4.09. The van der Waals surface area contributed by atoms with E-state index in [0.29, 0.717) is 30.2 Å². The third-order valence-corrected chi connectivity index (χ3v) is 4.09. The van der Waals surface area contributed by atoms with E-state index in [0.717, 1.165) is 5.56 Å². The monoisotopic (exact) mass is 384 g/mol. The van der Waals surface area contributed by atoms with Gasteiger partial charge in [0.15, 0.2) is 6.61 Å². The molecule has 0 aromatic heterocycles. The topological polar surface area (TPSA) is 76.7 Å². The van der Waals surface area contributed by atoms with Crippen LogP contribution >= 0.6 is 0 Å². The Morgan fingerprint density at radius 3 is 2.39 bits per heavy atom. The van der Waals surface area contributed by atoms with Crippen molar-refractivity contribution >= 4 is 17.5 Å². The van der Waals surface area contributed by atoms with E-state index < -0.39 is 0 Å². The van der Waals surface area contributed by atoms with Crippen LogP contribution in [0.3, 0.4) is 0 Å². The first-order chi connectivity index (χ1) is 13.3. The van der Waals surface area contributed by atoms with Gasteiger partial charge in [0.25, 0.3) is 11.8 Å². The van der Waals surface area contributed by atoms with E-state index >= 15 is 0 Å². The lowest BCUT2D eigenvalue weighted by molar-refractivity contribution is -0.118. The molecule has 2 N–H and O–H groups in total. The van der Waals surface area contributed by atoms with Crippen molar-refractivity contribution in [2.45, 2.75) is 26.2 Å². The molecule has 28 heavy (non-hydrogen) atoms. The number of carbonyl (C=O) groups excluding carboxylic acids is 2. The molecule has 0 atom stereocenters. The van der Waals surface area contributed by atoms with E-state index in [9.17, 15) is 9.59 Å². The van der Waals surface area contributed by atoms with E-state index in [4.69, 9.17) is 9.47 Å². The number of amides is 2. The number of rotatable bonds is 8. The van der Waals surface area contributed by atoms with Gasteiger partial charge in [-0.15, -0.1) is 0 Å². The number of para-hydroxylation sites is 2. The highest BCUT2D eigenvalue weighted by atomic mass is 16.5. The average molecular weight is 384 g/mol. The molecule has 0 saturated heterocycles. The number of anilines is 1. The van der Waals surface area contributed by atoms with Gasteiger partial charge in [-0.3, -0.25) is 9.59 Å². The van der Waals surface area contributed by atoms with E-state index in [1.807, 2.05) is 24.3 Å². The minimum atomic E-state index is -0.333. The van der Waals surface area contributed by atoms with Gasteiger partial charge in [-0.05, 0) is 29.2 Å². The first kappa shape index (κ1) is 21.4. The maximum atomic E-state index is 12.4. The minimum absolute atomic E-state index is 0.0973. The second kappa shape index (κ2) is 9.90.